The van der Waals surface area contributed by atoms with E-state index in [2.05, 4.69) is 38.1 Å². The molecule has 116 valence electrons. The SMILES string of the molecule is CCC[N+]1(C)CCC(N)c2ccc3c(c21)N(C)CCC3N. The normalized spacial score (nSPS) is 31.8. The Morgan fingerprint density at radius 2 is 1.86 bits per heavy atom. The van der Waals surface area contributed by atoms with Crippen LogP contribution in [0.15, 0.2) is 12.1 Å². The highest BCUT2D eigenvalue weighted by Gasteiger charge is 2.40. The third-order valence-electron chi connectivity index (χ3n) is 5.36. The summed E-state index contributed by atoms with van der Waals surface area (Å²) >= 11 is 0. The first kappa shape index (κ1) is 14.8. The lowest BCUT2D eigenvalue weighted by atomic mass is 9.87. The standard InChI is InChI=1S/C17H29N4/c1-4-10-21(3)11-8-15(19)13-6-5-12-14(18)7-9-20(2)16(12)17(13)21/h5-6,14-15H,4,7-11,18-19H2,1-3H3/q+1. The van der Waals surface area contributed by atoms with E-state index < -0.39 is 0 Å². The Labute approximate surface area is 128 Å². The zero-order valence-electron chi connectivity index (χ0n) is 13.6. The molecular weight excluding hydrogens is 260 g/mol. The molecule has 21 heavy (non-hydrogen) atoms. The molecule has 4 heteroatoms. The van der Waals surface area contributed by atoms with Crippen LogP contribution in [0.25, 0.3) is 0 Å². The van der Waals surface area contributed by atoms with E-state index in [1.54, 1.807) is 0 Å². The van der Waals surface area contributed by atoms with Gasteiger partial charge in [0.15, 0.2) is 5.69 Å². The van der Waals surface area contributed by atoms with Crippen molar-refractivity contribution in [3.8, 4) is 0 Å². The van der Waals surface area contributed by atoms with Gasteiger partial charge >= 0.3 is 0 Å². The summed E-state index contributed by atoms with van der Waals surface area (Å²) in [6.07, 6.45) is 3.29. The lowest BCUT2D eigenvalue weighted by Crippen LogP contribution is -2.52. The van der Waals surface area contributed by atoms with Crippen LogP contribution in [-0.4, -0.2) is 33.7 Å². The van der Waals surface area contributed by atoms with Crippen molar-refractivity contribution in [2.24, 2.45) is 11.5 Å². The molecule has 0 saturated heterocycles. The molecule has 0 saturated carbocycles. The molecule has 3 unspecified atom stereocenters. The molecule has 0 aromatic heterocycles. The summed E-state index contributed by atoms with van der Waals surface area (Å²) < 4.78 is 1.000. The zero-order chi connectivity index (χ0) is 15.2. The minimum atomic E-state index is 0.162. The van der Waals surface area contributed by atoms with Gasteiger partial charge in [0.25, 0.3) is 0 Å². The van der Waals surface area contributed by atoms with Gasteiger partial charge in [0.05, 0.1) is 20.1 Å². The fraction of sp³-hybridized carbons (Fsp3) is 0.647. The van der Waals surface area contributed by atoms with Gasteiger partial charge in [-0.2, -0.15) is 0 Å². The van der Waals surface area contributed by atoms with Crippen LogP contribution in [0.1, 0.15) is 49.4 Å². The number of benzene rings is 1. The Hall–Kier alpha value is -1.10. The molecule has 4 nitrogen and oxygen atoms in total. The van der Waals surface area contributed by atoms with Gasteiger partial charge in [-0.3, -0.25) is 4.48 Å². The number of nitrogens with two attached hydrogens (primary N) is 2. The second kappa shape index (κ2) is 5.27. The quantitative estimate of drug-likeness (QED) is 0.821. The molecule has 2 heterocycles. The Bertz CT molecular complexity index is 542. The summed E-state index contributed by atoms with van der Waals surface area (Å²) in [7, 11) is 4.56. The van der Waals surface area contributed by atoms with E-state index in [4.69, 9.17) is 11.5 Å². The number of quaternary nitrogens is 1. The lowest BCUT2D eigenvalue weighted by Gasteiger charge is -2.45. The van der Waals surface area contributed by atoms with Crippen molar-refractivity contribution in [3.63, 3.8) is 0 Å². The van der Waals surface area contributed by atoms with E-state index in [0.717, 1.165) is 30.4 Å². The number of hydrogen-bond donors (Lipinski definition) is 2. The summed E-state index contributed by atoms with van der Waals surface area (Å²) in [6.45, 7) is 5.59. The van der Waals surface area contributed by atoms with Crippen molar-refractivity contribution in [3.05, 3.63) is 23.3 Å². The molecule has 0 spiro atoms. The number of rotatable bonds is 2. The number of nitrogens with zero attached hydrogens (tertiary/aromatic N) is 2. The predicted octanol–water partition coefficient (Wildman–Crippen LogP) is 2.28. The highest BCUT2D eigenvalue weighted by atomic mass is 15.4. The molecule has 0 radical (unpaired) electrons. The summed E-state index contributed by atoms with van der Waals surface area (Å²) in [5.41, 5.74) is 18.2. The van der Waals surface area contributed by atoms with Crippen molar-refractivity contribution in [1.29, 1.82) is 0 Å². The van der Waals surface area contributed by atoms with Gasteiger partial charge < -0.3 is 16.4 Å². The molecule has 0 aliphatic carbocycles. The molecule has 4 N–H and O–H groups in total. The van der Waals surface area contributed by atoms with E-state index in [9.17, 15) is 0 Å². The molecule has 1 aromatic rings. The van der Waals surface area contributed by atoms with Crippen LogP contribution >= 0.6 is 0 Å². The topological polar surface area (TPSA) is 55.3 Å². The van der Waals surface area contributed by atoms with E-state index in [0.29, 0.717) is 0 Å². The first-order valence-corrected chi connectivity index (χ1v) is 8.22. The van der Waals surface area contributed by atoms with Gasteiger partial charge in [0.1, 0.15) is 5.69 Å². The average Bonchev–Trinajstić information content (AvgIpc) is 2.47. The molecule has 0 bridgehead atoms. The number of fused-ring (bicyclic) bond motifs is 3. The summed E-state index contributed by atoms with van der Waals surface area (Å²) in [6, 6.07) is 4.79. The van der Waals surface area contributed by atoms with E-state index >= 15 is 0 Å². The summed E-state index contributed by atoms with van der Waals surface area (Å²) in [5.74, 6) is 0. The van der Waals surface area contributed by atoms with Gasteiger partial charge in [0, 0.05) is 37.7 Å². The Morgan fingerprint density at radius 3 is 2.57 bits per heavy atom. The third kappa shape index (κ3) is 2.26. The fourth-order valence-electron chi connectivity index (χ4n) is 4.19. The molecule has 3 atom stereocenters. The van der Waals surface area contributed by atoms with Crippen molar-refractivity contribution in [2.45, 2.75) is 38.3 Å². The Morgan fingerprint density at radius 1 is 1.19 bits per heavy atom. The molecule has 0 fully saturated rings. The largest absolute Gasteiger partial charge is 0.369 e. The smallest absolute Gasteiger partial charge is 0.161 e. The minimum absolute atomic E-state index is 0.162. The van der Waals surface area contributed by atoms with Crippen LogP contribution in [0.5, 0.6) is 0 Å². The molecule has 2 aliphatic rings. The summed E-state index contributed by atoms with van der Waals surface area (Å²) in [5, 5.41) is 0. The van der Waals surface area contributed by atoms with Crippen LogP contribution in [0, 0.1) is 0 Å². The van der Waals surface area contributed by atoms with Crippen LogP contribution < -0.4 is 20.9 Å². The second-order valence-corrected chi connectivity index (χ2v) is 7.00. The second-order valence-electron chi connectivity index (χ2n) is 7.00. The molecule has 0 amide bonds. The highest BCUT2D eigenvalue weighted by Crippen LogP contribution is 2.48. The molecule has 1 aromatic carbocycles. The summed E-state index contributed by atoms with van der Waals surface area (Å²) in [4.78, 5) is 2.39. The Balaban J connectivity index is 2.24. The van der Waals surface area contributed by atoms with Gasteiger partial charge in [-0.05, 0) is 18.4 Å². The monoisotopic (exact) mass is 289 g/mol. The van der Waals surface area contributed by atoms with Gasteiger partial charge in [-0.25, -0.2) is 0 Å². The molecule has 3 rings (SSSR count). The number of anilines is 1. The number of hydrogen-bond acceptors (Lipinski definition) is 3. The van der Waals surface area contributed by atoms with Crippen molar-refractivity contribution in [1.82, 2.24) is 4.48 Å². The van der Waals surface area contributed by atoms with Crippen molar-refractivity contribution < 1.29 is 0 Å². The van der Waals surface area contributed by atoms with Gasteiger partial charge in [0.2, 0.25) is 0 Å². The first-order valence-electron chi connectivity index (χ1n) is 8.22. The maximum atomic E-state index is 6.42. The maximum Gasteiger partial charge on any atom is 0.161 e. The van der Waals surface area contributed by atoms with Crippen molar-refractivity contribution >= 4 is 11.4 Å². The van der Waals surface area contributed by atoms with Crippen LogP contribution in [-0.2, 0) is 0 Å². The molecular formula is C17H29N4+. The van der Waals surface area contributed by atoms with Crippen LogP contribution in [0.2, 0.25) is 0 Å². The zero-order valence-corrected chi connectivity index (χ0v) is 13.6. The Kier molecular flexibility index (Phi) is 3.72. The fourth-order valence-corrected chi connectivity index (χ4v) is 4.19. The first-order chi connectivity index (χ1) is 9.98. The van der Waals surface area contributed by atoms with Crippen molar-refractivity contribution in [2.75, 3.05) is 38.6 Å². The average molecular weight is 289 g/mol. The third-order valence-corrected chi connectivity index (χ3v) is 5.36. The van der Waals surface area contributed by atoms with Gasteiger partial charge in [-0.1, -0.05) is 19.1 Å². The molecule has 2 aliphatic heterocycles. The van der Waals surface area contributed by atoms with Crippen LogP contribution in [0.3, 0.4) is 0 Å². The van der Waals surface area contributed by atoms with E-state index in [-0.39, 0.29) is 12.1 Å². The van der Waals surface area contributed by atoms with E-state index in [1.165, 1.54) is 35.5 Å². The lowest BCUT2D eigenvalue weighted by molar-refractivity contribution is 0.292. The maximum absolute atomic E-state index is 6.42. The predicted molar refractivity (Wildman–Crippen MR) is 90.5 cm³/mol. The van der Waals surface area contributed by atoms with Gasteiger partial charge in [-0.15, -0.1) is 0 Å². The van der Waals surface area contributed by atoms with Crippen LogP contribution in [0.4, 0.5) is 11.4 Å². The minimum Gasteiger partial charge on any atom is -0.369 e. The van der Waals surface area contributed by atoms with E-state index in [1.807, 2.05) is 0 Å². The highest BCUT2D eigenvalue weighted by molar-refractivity contribution is 5.78.